The number of fused-ring (bicyclic) bond motifs is 1. The Balaban J connectivity index is 1.34. The lowest BCUT2D eigenvalue weighted by atomic mass is 10.0. The Bertz CT molecular complexity index is 888. The summed E-state index contributed by atoms with van der Waals surface area (Å²) in [6, 6.07) is 7.28. The Morgan fingerprint density at radius 1 is 1.36 bits per heavy atom. The summed E-state index contributed by atoms with van der Waals surface area (Å²) in [7, 11) is 0. The highest BCUT2D eigenvalue weighted by atomic mass is 32.1. The second-order valence-electron chi connectivity index (χ2n) is 7.56. The summed E-state index contributed by atoms with van der Waals surface area (Å²) in [4.78, 5) is 33.4. The van der Waals surface area contributed by atoms with Gasteiger partial charge < -0.3 is 5.32 Å². The Kier molecular flexibility index (Phi) is 5.28. The van der Waals surface area contributed by atoms with Gasteiger partial charge in [0, 0.05) is 35.3 Å². The number of benzene rings is 1. The molecule has 1 atom stereocenters. The predicted octanol–water partition coefficient (Wildman–Crippen LogP) is 3.44. The van der Waals surface area contributed by atoms with Crippen molar-refractivity contribution in [2.75, 3.05) is 25.0 Å². The molecule has 4 rings (SSSR count). The largest absolute Gasteiger partial charge is 0.300 e. The van der Waals surface area contributed by atoms with Gasteiger partial charge in [0.25, 0.3) is 5.91 Å². The monoisotopic (exact) mass is 396 g/mol. The van der Waals surface area contributed by atoms with E-state index >= 15 is 0 Å². The molecule has 28 heavy (non-hydrogen) atoms. The Morgan fingerprint density at radius 3 is 2.89 bits per heavy atom. The van der Waals surface area contributed by atoms with Gasteiger partial charge in [-0.3, -0.25) is 19.4 Å². The summed E-state index contributed by atoms with van der Waals surface area (Å²) in [5.74, 6) is 0.270. The fraction of sp³-hybridized carbons (Fsp3) is 0.381. The average molecular weight is 397 g/mol. The number of carbonyl (C=O) groups is 2. The minimum Gasteiger partial charge on any atom is -0.300 e. The average Bonchev–Trinajstić information content (AvgIpc) is 3.20. The van der Waals surface area contributed by atoms with Crippen LogP contribution in [0.15, 0.2) is 36.2 Å². The molecule has 2 amide bonds. The van der Waals surface area contributed by atoms with E-state index in [1.165, 1.54) is 29.1 Å². The van der Waals surface area contributed by atoms with E-state index in [1.807, 2.05) is 23.6 Å². The standard InChI is InChI=1S/C21H24N4O2S/c1-14-6-5-9-24(10-14)11-16-13-28-21(22-16)23-19(26)12-25-15(2)17-7-3-4-8-18(17)20(25)27/h3-4,7-8,13-14H,2,5-6,9-12H2,1H3,(H,22,23,26)/t14-/m1/s1. The van der Waals surface area contributed by atoms with Gasteiger partial charge in [-0.2, -0.15) is 0 Å². The summed E-state index contributed by atoms with van der Waals surface area (Å²) in [6.45, 7) is 9.20. The molecule has 0 radical (unpaired) electrons. The van der Waals surface area contributed by atoms with E-state index in [4.69, 9.17) is 0 Å². The van der Waals surface area contributed by atoms with Crippen molar-refractivity contribution in [2.24, 2.45) is 5.92 Å². The fourth-order valence-electron chi connectivity index (χ4n) is 3.90. The number of hydrogen-bond acceptors (Lipinski definition) is 5. The van der Waals surface area contributed by atoms with E-state index in [0.717, 1.165) is 36.8 Å². The molecule has 1 saturated heterocycles. The van der Waals surface area contributed by atoms with Crippen LogP contribution in [0.1, 0.15) is 41.4 Å². The fourth-order valence-corrected chi connectivity index (χ4v) is 4.62. The molecule has 0 saturated carbocycles. The first kappa shape index (κ1) is 18.8. The number of likely N-dealkylation sites (tertiary alicyclic amines) is 1. The van der Waals surface area contributed by atoms with Crippen LogP contribution in [-0.2, 0) is 11.3 Å². The van der Waals surface area contributed by atoms with Gasteiger partial charge in [-0.1, -0.05) is 31.7 Å². The van der Waals surface area contributed by atoms with E-state index in [2.05, 4.69) is 28.7 Å². The zero-order valence-corrected chi connectivity index (χ0v) is 16.8. The lowest BCUT2D eigenvalue weighted by Crippen LogP contribution is -2.34. The van der Waals surface area contributed by atoms with Crippen LogP contribution >= 0.6 is 11.3 Å². The van der Waals surface area contributed by atoms with Gasteiger partial charge in [-0.25, -0.2) is 4.98 Å². The van der Waals surface area contributed by atoms with Gasteiger partial charge in [-0.15, -0.1) is 11.3 Å². The second kappa shape index (κ2) is 7.85. The van der Waals surface area contributed by atoms with E-state index in [0.29, 0.717) is 16.4 Å². The van der Waals surface area contributed by atoms with Gasteiger partial charge in [0.05, 0.1) is 5.69 Å². The molecule has 6 nitrogen and oxygen atoms in total. The third kappa shape index (κ3) is 3.86. The first-order valence-corrected chi connectivity index (χ1v) is 10.5. The van der Waals surface area contributed by atoms with Crippen LogP contribution < -0.4 is 5.32 Å². The van der Waals surface area contributed by atoms with Gasteiger partial charge >= 0.3 is 0 Å². The van der Waals surface area contributed by atoms with Crippen molar-refractivity contribution < 1.29 is 9.59 Å². The number of piperidine rings is 1. The Labute approximate surface area is 168 Å². The van der Waals surface area contributed by atoms with E-state index < -0.39 is 0 Å². The molecule has 1 aromatic carbocycles. The molecule has 0 bridgehead atoms. The van der Waals surface area contributed by atoms with Crippen LogP contribution in [0, 0.1) is 5.92 Å². The van der Waals surface area contributed by atoms with Crippen LogP contribution in [0.4, 0.5) is 5.13 Å². The third-order valence-corrected chi connectivity index (χ3v) is 6.07. The minimum absolute atomic E-state index is 0.0646. The first-order valence-electron chi connectivity index (χ1n) is 9.58. The summed E-state index contributed by atoms with van der Waals surface area (Å²) in [6.07, 6.45) is 2.52. The van der Waals surface area contributed by atoms with Crippen LogP contribution in [0.25, 0.3) is 5.70 Å². The summed E-state index contributed by atoms with van der Waals surface area (Å²) in [5, 5.41) is 5.38. The molecule has 2 aromatic rings. The highest BCUT2D eigenvalue weighted by Crippen LogP contribution is 2.31. The van der Waals surface area contributed by atoms with Crippen molar-refractivity contribution in [3.63, 3.8) is 0 Å². The Morgan fingerprint density at radius 2 is 2.14 bits per heavy atom. The summed E-state index contributed by atoms with van der Waals surface area (Å²) >= 11 is 1.42. The van der Waals surface area contributed by atoms with Gasteiger partial charge in [0.1, 0.15) is 6.54 Å². The molecule has 0 unspecified atom stereocenters. The zero-order chi connectivity index (χ0) is 19.7. The molecular formula is C21H24N4O2S. The van der Waals surface area contributed by atoms with Crippen molar-refractivity contribution in [2.45, 2.75) is 26.3 Å². The number of nitrogens with zero attached hydrogens (tertiary/aromatic N) is 3. The number of thiazole rings is 1. The lowest BCUT2D eigenvalue weighted by molar-refractivity contribution is -0.116. The molecular weight excluding hydrogens is 372 g/mol. The number of amides is 2. The van der Waals surface area contributed by atoms with Crippen molar-refractivity contribution in [1.29, 1.82) is 0 Å². The highest BCUT2D eigenvalue weighted by Gasteiger charge is 2.32. The van der Waals surface area contributed by atoms with Crippen LogP contribution in [-0.4, -0.2) is 46.2 Å². The van der Waals surface area contributed by atoms with E-state index in [9.17, 15) is 9.59 Å². The molecule has 2 aliphatic heterocycles. The van der Waals surface area contributed by atoms with Crippen molar-refractivity contribution >= 4 is 34.0 Å². The third-order valence-electron chi connectivity index (χ3n) is 5.27. The summed E-state index contributed by atoms with van der Waals surface area (Å²) < 4.78 is 0. The maximum Gasteiger partial charge on any atom is 0.259 e. The first-order chi connectivity index (χ1) is 13.5. The topological polar surface area (TPSA) is 65.5 Å². The van der Waals surface area contributed by atoms with Gasteiger partial charge in [-0.05, 0) is 31.4 Å². The minimum atomic E-state index is -0.269. The second-order valence-corrected chi connectivity index (χ2v) is 8.42. The van der Waals surface area contributed by atoms with Crippen LogP contribution in [0.5, 0.6) is 0 Å². The maximum atomic E-state index is 12.5. The normalized spacial score (nSPS) is 19.8. The van der Waals surface area contributed by atoms with Crippen LogP contribution in [0.3, 0.4) is 0 Å². The zero-order valence-electron chi connectivity index (χ0n) is 16.0. The number of aromatic nitrogens is 1. The molecule has 7 heteroatoms. The van der Waals surface area contributed by atoms with Gasteiger partial charge in [0.2, 0.25) is 5.91 Å². The smallest absolute Gasteiger partial charge is 0.259 e. The van der Waals surface area contributed by atoms with E-state index in [-0.39, 0.29) is 18.4 Å². The number of rotatable bonds is 5. The summed E-state index contributed by atoms with van der Waals surface area (Å²) in [5.41, 5.74) is 2.92. The van der Waals surface area contributed by atoms with Crippen molar-refractivity contribution in [3.8, 4) is 0 Å². The number of anilines is 1. The molecule has 1 N–H and O–H groups in total. The molecule has 1 fully saturated rings. The lowest BCUT2D eigenvalue weighted by Gasteiger charge is -2.30. The molecule has 3 heterocycles. The van der Waals surface area contributed by atoms with Crippen LogP contribution in [0.2, 0.25) is 0 Å². The number of carbonyl (C=O) groups excluding carboxylic acids is 2. The number of nitrogens with one attached hydrogen (secondary N) is 1. The Hall–Kier alpha value is -2.51. The molecule has 0 spiro atoms. The molecule has 0 aliphatic carbocycles. The molecule has 1 aromatic heterocycles. The van der Waals surface area contributed by atoms with Gasteiger partial charge in [0.15, 0.2) is 5.13 Å². The van der Waals surface area contributed by atoms with Crippen molar-refractivity contribution in [3.05, 3.63) is 53.0 Å². The maximum absolute atomic E-state index is 12.5. The SMILES string of the molecule is C=C1c2ccccc2C(=O)N1CC(=O)Nc1nc(CN2CCC[C@@H](C)C2)cs1. The highest BCUT2D eigenvalue weighted by molar-refractivity contribution is 7.13. The molecule has 2 aliphatic rings. The number of hydrogen-bond donors (Lipinski definition) is 1. The predicted molar refractivity (Wildman–Crippen MR) is 111 cm³/mol. The van der Waals surface area contributed by atoms with E-state index in [1.54, 1.807) is 6.07 Å². The molecule has 146 valence electrons. The quantitative estimate of drug-likeness (QED) is 0.841. The van der Waals surface area contributed by atoms with Crippen molar-refractivity contribution in [1.82, 2.24) is 14.8 Å².